The fraction of sp³-hybridized carbons (Fsp3) is 0.611. The Balaban J connectivity index is 1.54. The highest BCUT2D eigenvalue weighted by Crippen LogP contribution is 2.30. The Hall–Kier alpha value is -1.86. The smallest absolute Gasteiger partial charge is 0.271 e. The van der Waals surface area contributed by atoms with Gasteiger partial charge in [-0.2, -0.15) is 0 Å². The van der Waals surface area contributed by atoms with Crippen LogP contribution in [0.2, 0.25) is 5.02 Å². The summed E-state index contributed by atoms with van der Waals surface area (Å²) < 4.78 is 0. The maximum absolute atomic E-state index is 12.6. The number of hydrogen-bond acceptors (Lipinski definition) is 5. The molecule has 2 fully saturated rings. The first kappa shape index (κ1) is 18.9. The van der Waals surface area contributed by atoms with Gasteiger partial charge in [-0.3, -0.25) is 19.8 Å². The van der Waals surface area contributed by atoms with Gasteiger partial charge in [-0.25, -0.2) is 0 Å². The molecular formula is C18H25ClN4O3. The molecule has 26 heavy (non-hydrogen) atoms. The number of benzene rings is 1. The fourth-order valence-corrected chi connectivity index (χ4v) is 4.06. The molecule has 0 radical (unpaired) electrons. The molecule has 0 saturated carbocycles. The number of piperazine rings is 1. The van der Waals surface area contributed by atoms with Crippen LogP contribution in [0.25, 0.3) is 0 Å². The van der Waals surface area contributed by atoms with Crippen LogP contribution in [0, 0.1) is 10.1 Å². The van der Waals surface area contributed by atoms with Gasteiger partial charge < -0.3 is 9.80 Å². The number of carbonyl (C=O) groups excluding carboxylic acids is 1. The quantitative estimate of drug-likeness (QED) is 0.593. The maximum Gasteiger partial charge on any atom is 0.271 e. The normalized spacial score (nSPS) is 21.7. The molecule has 1 aromatic rings. The fourth-order valence-electron chi connectivity index (χ4n) is 3.76. The average Bonchev–Trinajstić information content (AvgIpc) is 2.62. The molecule has 7 nitrogen and oxygen atoms in total. The van der Waals surface area contributed by atoms with Crippen LogP contribution in [0.4, 0.5) is 11.4 Å². The molecule has 1 aromatic carbocycles. The van der Waals surface area contributed by atoms with Crippen LogP contribution in [0.1, 0.15) is 26.2 Å². The molecule has 2 heterocycles. The first-order valence-electron chi connectivity index (χ1n) is 9.16. The van der Waals surface area contributed by atoms with Crippen LogP contribution in [0.5, 0.6) is 0 Å². The minimum absolute atomic E-state index is 0.00126. The number of non-ortho nitro benzene ring substituents is 1. The van der Waals surface area contributed by atoms with Crippen LogP contribution in [0.15, 0.2) is 18.2 Å². The number of anilines is 1. The van der Waals surface area contributed by atoms with E-state index < -0.39 is 4.92 Å². The topological polar surface area (TPSA) is 69.9 Å². The van der Waals surface area contributed by atoms with E-state index in [4.69, 9.17) is 11.6 Å². The lowest BCUT2D eigenvalue weighted by atomic mass is 10.0. The predicted octanol–water partition coefficient (Wildman–Crippen LogP) is 2.77. The van der Waals surface area contributed by atoms with Crippen molar-refractivity contribution in [2.75, 3.05) is 44.2 Å². The molecule has 0 N–H and O–H groups in total. The molecular weight excluding hydrogens is 356 g/mol. The average molecular weight is 381 g/mol. The van der Waals surface area contributed by atoms with Gasteiger partial charge >= 0.3 is 0 Å². The molecule has 0 aliphatic carbocycles. The van der Waals surface area contributed by atoms with Gasteiger partial charge in [0.2, 0.25) is 5.91 Å². The van der Waals surface area contributed by atoms with Crippen molar-refractivity contribution >= 4 is 28.9 Å². The zero-order valence-corrected chi connectivity index (χ0v) is 15.8. The summed E-state index contributed by atoms with van der Waals surface area (Å²) in [4.78, 5) is 29.3. The summed E-state index contributed by atoms with van der Waals surface area (Å²) in [5.74, 6) is 0.221. The van der Waals surface area contributed by atoms with E-state index in [9.17, 15) is 14.9 Å². The standard InChI is InChI=1S/C18H25ClN4O3/c1-14-4-2-3-7-22(14)18(24)13-20-8-10-21(11-9-20)17-6-5-15(23(25)26)12-16(17)19/h5-6,12,14H,2-4,7-11,13H2,1H3/t14-/m1/s1. The van der Waals surface area contributed by atoms with E-state index in [1.165, 1.54) is 18.6 Å². The first-order chi connectivity index (χ1) is 12.5. The third kappa shape index (κ3) is 4.27. The van der Waals surface area contributed by atoms with Crippen LogP contribution >= 0.6 is 11.6 Å². The Kier molecular flexibility index (Phi) is 5.98. The van der Waals surface area contributed by atoms with Crippen molar-refractivity contribution in [2.24, 2.45) is 0 Å². The van der Waals surface area contributed by atoms with Crippen LogP contribution in [-0.4, -0.2) is 65.9 Å². The largest absolute Gasteiger partial charge is 0.368 e. The summed E-state index contributed by atoms with van der Waals surface area (Å²) in [6.07, 6.45) is 3.40. The number of hydrogen-bond donors (Lipinski definition) is 0. The summed E-state index contributed by atoms with van der Waals surface area (Å²) in [7, 11) is 0. The highest BCUT2D eigenvalue weighted by atomic mass is 35.5. The van der Waals surface area contributed by atoms with Gasteiger partial charge in [0, 0.05) is 50.9 Å². The van der Waals surface area contributed by atoms with Gasteiger partial charge in [0.25, 0.3) is 5.69 Å². The lowest BCUT2D eigenvalue weighted by Crippen LogP contribution is -2.52. The van der Waals surface area contributed by atoms with E-state index in [2.05, 4.69) is 16.7 Å². The van der Waals surface area contributed by atoms with E-state index >= 15 is 0 Å². The lowest BCUT2D eigenvalue weighted by Gasteiger charge is -2.38. The Bertz CT molecular complexity index is 676. The molecule has 1 amide bonds. The zero-order chi connectivity index (χ0) is 18.7. The second kappa shape index (κ2) is 8.22. The molecule has 1 atom stereocenters. The van der Waals surface area contributed by atoms with Crippen molar-refractivity contribution in [3.8, 4) is 0 Å². The van der Waals surface area contributed by atoms with Crippen molar-refractivity contribution in [3.05, 3.63) is 33.3 Å². The molecule has 2 aliphatic rings. The first-order valence-corrected chi connectivity index (χ1v) is 9.54. The third-order valence-corrected chi connectivity index (χ3v) is 5.64. The molecule has 0 spiro atoms. The Morgan fingerprint density at radius 3 is 2.58 bits per heavy atom. The summed E-state index contributed by atoms with van der Waals surface area (Å²) >= 11 is 6.22. The van der Waals surface area contributed by atoms with Gasteiger partial charge in [-0.15, -0.1) is 0 Å². The summed E-state index contributed by atoms with van der Waals surface area (Å²) in [5.41, 5.74) is 0.812. The number of nitrogens with zero attached hydrogens (tertiary/aromatic N) is 4. The lowest BCUT2D eigenvalue weighted by molar-refractivity contribution is -0.384. The summed E-state index contributed by atoms with van der Waals surface area (Å²) in [6, 6.07) is 4.92. The number of rotatable bonds is 4. The molecule has 0 unspecified atom stereocenters. The van der Waals surface area contributed by atoms with Crippen LogP contribution in [0.3, 0.4) is 0 Å². The van der Waals surface area contributed by atoms with E-state index in [0.29, 0.717) is 17.6 Å². The summed E-state index contributed by atoms with van der Waals surface area (Å²) in [6.45, 7) is 6.53. The Morgan fingerprint density at radius 2 is 1.96 bits per heavy atom. The third-order valence-electron chi connectivity index (χ3n) is 5.34. The van der Waals surface area contributed by atoms with Crippen molar-refractivity contribution in [1.82, 2.24) is 9.80 Å². The number of likely N-dealkylation sites (tertiary alicyclic amines) is 1. The van der Waals surface area contributed by atoms with Crippen molar-refractivity contribution in [2.45, 2.75) is 32.2 Å². The van der Waals surface area contributed by atoms with E-state index in [-0.39, 0.29) is 11.6 Å². The maximum atomic E-state index is 12.6. The molecule has 3 rings (SSSR count). The monoisotopic (exact) mass is 380 g/mol. The minimum Gasteiger partial charge on any atom is -0.368 e. The number of halogens is 1. The molecule has 0 aromatic heterocycles. The number of nitro benzene ring substituents is 1. The summed E-state index contributed by atoms with van der Waals surface area (Å²) in [5, 5.41) is 11.2. The second-order valence-corrected chi connectivity index (χ2v) is 7.50. The minimum atomic E-state index is -0.444. The van der Waals surface area contributed by atoms with E-state index in [0.717, 1.165) is 51.3 Å². The molecule has 142 valence electrons. The van der Waals surface area contributed by atoms with Gasteiger partial charge in [-0.1, -0.05) is 11.6 Å². The predicted molar refractivity (Wildman–Crippen MR) is 102 cm³/mol. The highest BCUT2D eigenvalue weighted by Gasteiger charge is 2.26. The molecule has 0 bridgehead atoms. The Morgan fingerprint density at radius 1 is 1.23 bits per heavy atom. The van der Waals surface area contributed by atoms with Crippen LogP contribution < -0.4 is 4.90 Å². The van der Waals surface area contributed by atoms with E-state index in [1.807, 2.05) is 4.90 Å². The van der Waals surface area contributed by atoms with Crippen LogP contribution in [-0.2, 0) is 4.79 Å². The highest BCUT2D eigenvalue weighted by molar-refractivity contribution is 6.33. The number of piperidine rings is 1. The number of amides is 1. The van der Waals surface area contributed by atoms with Gasteiger partial charge in [0.15, 0.2) is 0 Å². The molecule has 2 aliphatic heterocycles. The van der Waals surface area contributed by atoms with Crippen molar-refractivity contribution in [1.29, 1.82) is 0 Å². The number of nitro groups is 1. The van der Waals surface area contributed by atoms with Gasteiger partial charge in [0.1, 0.15) is 0 Å². The number of carbonyl (C=O) groups is 1. The van der Waals surface area contributed by atoms with Crippen molar-refractivity contribution in [3.63, 3.8) is 0 Å². The second-order valence-electron chi connectivity index (χ2n) is 7.09. The Labute approximate surface area is 158 Å². The van der Waals surface area contributed by atoms with Gasteiger partial charge in [-0.05, 0) is 32.3 Å². The van der Waals surface area contributed by atoms with Gasteiger partial charge in [0.05, 0.1) is 22.2 Å². The SMILES string of the molecule is C[C@@H]1CCCCN1C(=O)CN1CCN(c2ccc([N+](=O)[O-])cc2Cl)CC1. The zero-order valence-electron chi connectivity index (χ0n) is 15.1. The molecule has 8 heteroatoms. The van der Waals surface area contributed by atoms with E-state index in [1.54, 1.807) is 6.07 Å². The van der Waals surface area contributed by atoms with Crippen molar-refractivity contribution < 1.29 is 9.72 Å². The molecule has 2 saturated heterocycles.